The van der Waals surface area contributed by atoms with Gasteiger partial charge in [-0.3, -0.25) is 4.52 Å². The van der Waals surface area contributed by atoms with Crippen molar-refractivity contribution in [1.82, 2.24) is 0 Å². The predicted octanol–water partition coefficient (Wildman–Crippen LogP) is 3.33. The second kappa shape index (κ2) is 19.5. The molecule has 0 spiro atoms. The van der Waals surface area contributed by atoms with E-state index in [1.54, 1.807) is 0 Å². The average Bonchev–Trinajstić information content (AvgIpc) is 2.49. The summed E-state index contributed by atoms with van der Waals surface area (Å²) in [5.41, 5.74) is 0. The molecule has 0 saturated heterocycles. The van der Waals surface area contributed by atoms with Gasteiger partial charge in [0.15, 0.2) is 0 Å². The van der Waals surface area contributed by atoms with Gasteiger partial charge in [0, 0.05) is 0 Å². The van der Waals surface area contributed by atoms with Crippen molar-refractivity contribution in [1.29, 1.82) is 0 Å². The van der Waals surface area contributed by atoms with Gasteiger partial charge in [-0.15, -0.1) is 0 Å². The van der Waals surface area contributed by atoms with E-state index in [1.165, 1.54) is 64.2 Å². The molecule has 4 nitrogen and oxygen atoms in total. The van der Waals surface area contributed by atoms with Crippen LogP contribution < -0.4 is 51.4 Å². The summed E-state index contributed by atoms with van der Waals surface area (Å²) in [5, 5.41) is 0. The summed E-state index contributed by atoms with van der Waals surface area (Å²) < 4.78 is 15.7. The minimum absolute atomic E-state index is 0. The maximum Gasteiger partial charge on any atom is 1.00 e. The number of hydrogen-bond acceptors (Lipinski definition) is 2. The van der Waals surface area contributed by atoms with Crippen molar-refractivity contribution in [2.24, 2.45) is 5.92 Å². The summed E-state index contributed by atoms with van der Waals surface area (Å²) in [4.78, 5) is 17.8. The van der Waals surface area contributed by atoms with Gasteiger partial charge in [-0.1, -0.05) is 90.9 Å². The normalized spacial score (nSPS) is 11.7. The Hall–Kier alpha value is 1.75. The van der Waals surface area contributed by atoms with Crippen molar-refractivity contribution in [3.63, 3.8) is 0 Å². The molecule has 2 N–H and O–H groups in total. The summed E-state index contributed by atoms with van der Waals surface area (Å²) in [6.07, 6.45) is 17.1. The summed E-state index contributed by atoms with van der Waals surface area (Å²) in [6.45, 7) is 4.64. The van der Waals surface area contributed by atoms with Crippen molar-refractivity contribution < 1.29 is 71.7 Å². The second-order valence-corrected chi connectivity index (χ2v) is 8.00. The molecule has 0 atom stereocenters. The Balaban J connectivity index is -0.00000242. The largest absolute Gasteiger partial charge is 1.00 e. The first-order valence-electron chi connectivity index (χ1n) is 9.69. The molecule has 0 aliphatic carbocycles. The van der Waals surface area contributed by atoms with Crippen LogP contribution in [0.15, 0.2) is 0 Å². The summed E-state index contributed by atoms with van der Waals surface area (Å²) in [5.74, 6) is 0.292. The third-order valence-electron chi connectivity index (χ3n) is 4.41. The van der Waals surface area contributed by atoms with E-state index >= 15 is 0 Å². The Bertz CT molecular complexity index is 287. The molecule has 0 bridgehead atoms. The molecular weight excluding hydrogens is 350 g/mol. The number of phosphoric ester groups is 1. The fraction of sp³-hybridized carbons (Fsp3) is 1.00. The number of hydrogen-bond donors (Lipinski definition) is 2. The molecule has 0 aromatic heterocycles. The molecule has 0 aliphatic heterocycles. The first kappa shape index (κ1) is 28.0. The van der Waals surface area contributed by atoms with Gasteiger partial charge < -0.3 is 11.2 Å². The van der Waals surface area contributed by atoms with E-state index in [1.807, 2.05) is 0 Å². The number of unbranched alkanes of at least 4 members (excludes halogenated alkanes) is 10. The van der Waals surface area contributed by atoms with Gasteiger partial charge in [-0.2, -0.15) is 0 Å². The molecule has 0 aliphatic rings. The molecule has 0 heterocycles. The van der Waals surface area contributed by atoms with Crippen molar-refractivity contribution in [3.05, 3.63) is 0 Å². The monoisotopic (exact) mass is 390 g/mol. The van der Waals surface area contributed by atoms with Crippen molar-refractivity contribution >= 4 is 7.82 Å². The van der Waals surface area contributed by atoms with Crippen LogP contribution in [-0.4, -0.2) is 16.4 Å². The first-order chi connectivity index (χ1) is 11.0. The molecule has 0 radical (unpaired) electrons. The van der Waals surface area contributed by atoms with Crippen LogP contribution in [0.5, 0.6) is 0 Å². The van der Waals surface area contributed by atoms with Crippen LogP contribution >= 0.6 is 7.82 Å². The van der Waals surface area contributed by atoms with E-state index in [0.717, 1.165) is 25.7 Å². The summed E-state index contributed by atoms with van der Waals surface area (Å²) in [7, 11) is -4.33. The van der Waals surface area contributed by atoms with Crippen LogP contribution in [0.2, 0.25) is 0 Å². The van der Waals surface area contributed by atoms with Gasteiger partial charge >= 0.3 is 59.2 Å². The fourth-order valence-electron chi connectivity index (χ4n) is 2.94. The smallest absolute Gasteiger partial charge is 1.00 e. The van der Waals surface area contributed by atoms with Gasteiger partial charge in [-0.05, 0) is 18.8 Å². The molecule has 0 aromatic carbocycles. The fourth-order valence-corrected chi connectivity index (χ4v) is 3.35. The third kappa shape index (κ3) is 21.8. The SMILES string of the molecule is CCCCCCCCC(CCCCCCCC)COP(=O)(O)O.[H-].[K+]. The van der Waals surface area contributed by atoms with Gasteiger partial charge in [0.25, 0.3) is 0 Å². The first-order valence-corrected chi connectivity index (χ1v) is 11.2. The quantitative estimate of drug-likeness (QED) is 0.227. The molecule has 0 amide bonds. The van der Waals surface area contributed by atoms with Crippen molar-refractivity contribution in [3.8, 4) is 0 Å². The molecule has 142 valence electrons. The topological polar surface area (TPSA) is 66.8 Å². The molecule has 0 aromatic rings. The molecule has 0 fully saturated rings. The van der Waals surface area contributed by atoms with Crippen LogP contribution in [0.4, 0.5) is 0 Å². The Morgan fingerprint density at radius 1 is 0.792 bits per heavy atom. The molecule has 6 heteroatoms. The van der Waals surface area contributed by atoms with E-state index in [-0.39, 0.29) is 59.4 Å². The average molecular weight is 391 g/mol. The molecule has 0 saturated carbocycles. The van der Waals surface area contributed by atoms with E-state index < -0.39 is 7.82 Å². The van der Waals surface area contributed by atoms with E-state index in [4.69, 9.17) is 14.3 Å². The van der Waals surface area contributed by atoms with Crippen LogP contribution in [-0.2, 0) is 9.09 Å². The zero-order valence-electron chi connectivity index (χ0n) is 17.3. The zero-order valence-corrected chi connectivity index (χ0v) is 20.4. The Kier molecular flexibility index (Phi) is 22.7. The predicted molar refractivity (Wildman–Crippen MR) is 98.6 cm³/mol. The minimum Gasteiger partial charge on any atom is -1.00 e. The summed E-state index contributed by atoms with van der Waals surface area (Å²) in [6, 6.07) is 0. The zero-order chi connectivity index (χ0) is 17.4. The molecule has 24 heavy (non-hydrogen) atoms. The molecule has 0 unspecified atom stereocenters. The minimum atomic E-state index is -4.33. The molecule has 0 rings (SSSR count). The van der Waals surface area contributed by atoms with Crippen LogP contribution in [0.25, 0.3) is 0 Å². The van der Waals surface area contributed by atoms with E-state index in [2.05, 4.69) is 13.8 Å². The van der Waals surface area contributed by atoms with Crippen LogP contribution in [0.3, 0.4) is 0 Å². The Morgan fingerprint density at radius 3 is 1.54 bits per heavy atom. The Morgan fingerprint density at radius 2 is 1.17 bits per heavy atom. The van der Waals surface area contributed by atoms with Gasteiger partial charge in [0.05, 0.1) is 6.61 Å². The van der Waals surface area contributed by atoms with Crippen molar-refractivity contribution in [2.75, 3.05) is 6.61 Å². The summed E-state index contributed by atoms with van der Waals surface area (Å²) >= 11 is 0. The number of phosphoric acid groups is 1. The van der Waals surface area contributed by atoms with E-state index in [9.17, 15) is 4.57 Å². The second-order valence-electron chi connectivity index (χ2n) is 6.77. The van der Waals surface area contributed by atoms with Crippen molar-refractivity contribution in [2.45, 2.75) is 104 Å². The van der Waals surface area contributed by atoms with E-state index in [0.29, 0.717) is 5.92 Å². The molecular formula is C18H40KO4P. The van der Waals surface area contributed by atoms with Gasteiger partial charge in [0.1, 0.15) is 0 Å². The maximum absolute atomic E-state index is 10.9. The standard InChI is InChI=1S/C18H39O4P.K.H/c1-3-5-7-9-11-13-15-18(17-22-23(19,20)21)16-14-12-10-8-6-4-2;;/h18H,3-17H2,1-2H3,(H2,19,20,21);;/q;+1;-1. The maximum atomic E-state index is 10.9. The van der Waals surface area contributed by atoms with Crippen LogP contribution in [0, 0.1) is 5.92 Å². The Labute approximate surface area is 194 Å². The van der Waals surface area contributed by atoms with Gasteiger partial charge in [0.2, 0.25) is 0 Å². The third-order valence-corrected chi connectivity index (χ3v) is 4.90. The van der Waals surface area contributed by atoms with Gasteiger partial charge in [-0.25, -0.2) is 4.57 Å². The van der Waals surface area contributed by atoms with Crippen LogP contribution in [0.1, 0.15) is 105 Å². The number of rotatable bonds is 17.